The van der Waals surface area contributed by atoms with E-state index in [1.807, 2.05) is 5.38 Å². The highest BCUT2D eigenvalue weighted by molar-refractivity contribution is 7.07. The third kappa shape index (κ3) is 2.87. The number of carbonyl (C=O) groups is 1. The predicted octanol–water partition coefficient (Wildman–Crippen LogP) is 1.51. The minimum atomic E-state index is -0.0716. The number of rotatable bonds is 4. The fourth-order valence-electron chi connectivity index (χ4n) is 1.27. The van der Waals surface area contributed by atoms with Gasteiger partial charge in [-0.15, -0.1) is 11.3 Å². The van der Waals surface area contributed by atoms with Gasteiger partial charge in [0.05, 0.1) is 11.2 Å². The van der Waals surface area contributed by atoms with Crippen molar-refractivity contribution in [3.05, 3.63) is 46.7 Å². The minimum Gasteiger partial charge on any atom is -0.352 e. The van der Waals surface area contributed by atoms with E-state index in [4.69, 9.17) is 0 Å². The Morgan fingerprint density at radius 2 is 2.19 bits per heavy atom. The summed E-state index contributed by atoms with van der Waals surface area (Å²) in [5, 5.41) is 4.82. The molecule has 82 valence electrons. The summed E-state index contributed by atoms with van der Waals surface area (Å²) in [6, 6.07) is 3.39. The molecule has 2 rings (SSSR count). The average molecular weight is 233 g/mol. The maximum absolute atomic E-state index is 11.6. The predicted molar refractivity (Wildman–Crippen MR) is 62.4 cm³/mol. The van der Waals surface area contributed by atoms with Crippen molar-refractivity contribution < 1.29 is 4.79 Å². The molecule has 0 radical (unpaired) electrons. The first-order chi connectivity index (χ1) is 7.86. The van der Waals surface area contributed by atoms with E-state index in [2.05, 4.69) is 15.3 Å². The molecule has 0 aliphatic heterocycles. The smallest absolute Gasteiger partial charge is 0.251 e. The van der Waals surface area contributed by atoms with Gasteiger partial charge in [0.25, 0.3) is 5.91 Å². The van der Waals surface area contributed by atoms with Crippen molar-refractivity contribution in [2.24, 2.45) is 0 Å². The number of pyridine rings is 1. The van der Waals surface area contributed by atoms with E-state index in [0.29, 0.717) is 12.1 Å². The lowest BCUT2D eigenvalue weighted by molar-refractivity contribution is 0.0954. The van der Waals surface area contributed by atoms with Crippen LogP contribution in [-0.2, 0) is 6.42 Å². The van der Waals surface area contributed by atoms with Crippen molar-refractivity contribution in [1.82, 2.24) is 15.3 Å². The zero-order chi connectivity index (χ0) is 11.2. The van der Waals surface area contributed by atoms with E-state index in [0.717, 1.165) is 12.1 Å². The zero-order valence-electron chi connectivity index (χ0n) is 8.59. The highest BCUT2D eigenvalue weighted by Crippen LogP contribution is 2.01. The summed E-state index contributed by atoms with van der Waals surface area (Å²) in [5.41, 5.74) is 3.44. The van der Waals surface area contributed by atoms with E-state index >= 15 is 0 Å². The van der Waals surface area contributed by atoms with Crippen molar-refractivity contribution in [2.75, 3.05) is 6.54 Å². The molecule has 16 heavy (non-hydrogen) atoms. The van der Waals surface area contributed by atoms with Crippen molar-refractivity contribution >= 4 is 17.2 Å². The molecule has 1 N–H and O–H groups in total. The van der Waals surface area contributed by atoms with Crippen LogP contribution in [0.15, 0.2) is 35.4 Å². The molecule has 0 saturated carbocycles. The molecular formula is C11H11N3OS. The molecule has 0 atom stereocenters. The third-order valence-corrected chi connectivity index (χ3v) is 2.73. The van der Waals surface area contributed by atoms with Crippen molar-refractivity contribution in [3.63, 3.8) is 0 Å². The second kappa shape index (κ2) is 5.37. The van der Waals surface area contributed by atoms with Crippen LogP contribution in [0.3, 0.4) is 0 Å². The summed E-state index contributed by atoms with van der Waals surface area (Å²) >= 11 is 1.56. The number of hydrogen-bond acceptors (Lipinski definition) is 4. The first-order valence-corrected chi connectivity index (χ1v) is 5.86. The van der Waals surface area contributed by atoms with Crippen molar-refractivity contribution in [3.8, 4) is 0 Å². The lowest BCUT2D eigenvalue weighted by Gasteiger charge is -2.03. The van der Waals surface area contributed by atoms with Crippen LogP contribution in [0.1, 0.15) is 16.1 Å². The first kappa shape index (κ1) is 10.8. The zero-order valence-corrected chi connectivity index (χ0v) is 9.41. The summed E-state index contributed by atoms with van der Waals surface area (Å²) < 4.78 is 0. The van der Waals surface area contributed by atoms with Gasteiger partial charge in [-0.1, -0.05) is 0 Å². The average Bonchev–Trinajstić information content (AvgIpc) is 2.83. The van der Waals surface area contributed by atoms with Gasteiger partial charge >= 0.3 is 0 Å². The van der Waals surface area contributed by atoms with Crippen molar-refractivity contribution in [1.29, 1.82) is 0 Å². The first-order valence-electron chi connectivity index (χ1n) is 4.91. The van der Waals surface area contributed by atoms with Crippen LogP contribution in [-0.4, -0.2) is 22.4 Å². The molecule has 0 spiro atoms. The number of thiazole rings is 1. The van der Waals surface area contributed by atoms with Gasteiger partial charge in [0, 0.05) is 36.3 Å². The van der Waals surface area contributed by atoms with Gasteiger partial charge in [-0.25, -0.2) is 4.98 Å². The van der Waals surface area contributed by atoms with Crippen LogP contribution in [0.4, 0.5) is 0 Å². The largest absolute Gasteiger partial charge is 0.352 e. The normalized spacial score (nSPS) is 10.0. The summed E-state index contributed by atoms with van der Waals surface area (Å²) in [5.74, 6) is -0.0716. The van der Waals surface area contributed by atoms with Crippen LogP contribution in [0, 0.1) is 0 Å². The Labute approximate surface area is 97.4 Å². The number of carbonyl (C=O) groups excluding carboxylic acids is 1. The molecule has 0 aromatic carbocycles. The van der Waals surface area contributed by atoms with Crippen LogP contribution in [0.25, 0.3) is 0 Å². The Hall–Kier alpha value is -1.75. The number of nitrogens with zero attached hydrogens (tertiary/aromatic N) is 2. The second-order valence-electron chi connectivity index (χ2n) is 3.22. The summed E-state index contributed by atoms with van der Waals surface area (Å²) in [6.07, 6.45) is 3.98. The Morgan fingerprint density at radius 3 is 2.88 bits per heavy atom. The molecule has 0 unspecified atom stereocenters. The van der Waals surface area contributed by atoms with E-state index in [9.17, 15) is 4.79 Å². The van der Waals surface area contributed by atoms with Crippen molar-refractivity contribution in [2.45, 2.75) is 6.42 Å². The van der Waals surface area contributed by atoms with E-state index < -0.39 is 0 Å². The van der Waals surface area contributed by atoms with Crippen LogP contribution < -0.4 is 5.32 Å². The highest BCUT2D eigenvalue weighted by atomic mass is 32.1. The Bertz CT molecular complexity index is 442. The fourth-order valence-corrected chi connectivity index (χ4v) is 1.86. The van der Waals surface area contributed by atoms with E-state index in [1.165, 1.54) is 0 Å². The number of nitrogens with one attached hydrogen (secondary N) is 1. The standard InChI is InChI=1S/C11H11N3OS/c15-11(9-1-4-12-5-2-9)13-6-3-10-7-16-8-14-10/h1-2,4-5,7-8H,3,6H2,(H,13,15). The minimum absolute atomic E-state index is 0.0716. The summed E-state index contributed by atoms with van der Waals surface area (Å²) in [6.45, 7) is 0.602. The molecule has 0 aliphatic carbocycles. The molecule has 2 heterocycles. The number of aromatic nitrogens is 2. The molecule has 2 aromatic rings. The van der Waals surface area contributed by atoms with Gasteiger partial charge in [0.1, 0.15) is 0 Å². The van der Waals surface area contributed by atoms with Gasteiger partial charge < -0.3 is 5.32 Å². The lowest BCUT2D eigenvalue weighted by atomic mass is 10.2. The monoisotopic (exact) mass is 233 g/mol. The molecular weight excluding hydrogens is 222 g/mol. The molecule has 0 fully saturated rings. The number of amides is 1. The van der Waals surface area contributed by atoms with Gasteiger partial charge in [-0.2, -0.15) is 0 Å². The molecule has 2 aromatic heterocycles. The second-order valence-corrected chi connectivity index (χ2v) is 3.94. The highest BCUT2D eigenvalue weighted by Gasteiger charge is 2.03. The summed E-state index contributed by atoms with van der Waals surface area (Å²) in [7, 11) is 0. The Morgan fingerprint density at radius 1 is 1.38 bits per heavy atom. The van der Waals surface area contributed by atoms with Crippen LogP contribution in [0.5, 0.6) is 0 Å². The third-order valence-electron chi connectivity index (χ3n) is 2.09. The molecule has 5 heteroatoms. The van der Waals surface area contributed by atoms with Gasteiger partial charge in [-0.3, -0.25) is 9.78 Å². The molecule has 0 saturated heterocycles. The Kier molecular flexibility index (Phi) is 3.61. The quantitative estimate of drug-likeness (QED) is 0.871. The van der Waals surface area contributed by atoms with E-state index in [1.54, 1.807) is 41.4 Å². The Balaban J connectivity index is 1.81. The van der Waals surface area contributed by atoms with E-state index in [-0.39, 0.29) is 5.91 Å². The summed E-state index contributed by atoms with van der Waals surface area (Å²) in [4.78, 5) is 19.6. The number of hydrogen-bond donors (Lipinski definition) is 1. The lowest BCUT2D eigenvalue weighted by Crippen LogP contribution is -2.25. The molecule has 1 amide bonds. The SMILES string of the molecule is O=C(NCCc1cscn1)c1ccncc1. The van der Waals surface area contributed by atoms with Crippen LogP contribution in [0.2, 0.25) is 0 Å². The maximum Gasteiger partial charge on any atom is 0.251 e. The van der Waals surface area contributed by atoms with Gasteiger partial charge in [0.2, 0.25) is 0 Å². The topological polar surface area (TPSA) is 54.9 Å². The fraction of sp³-hybridized carbons (Fsp3) is 0.182. The molecule has 0 bridgehead atoms. The maximum atomic E-state index is 11.6. The molecule has 4 nitrogen and oxygen atoms in total. The van der Waals surface area contributed by atoms with Gasteiger partial charge in [-0.05, 0) is 12.1 Å². The van der Waals surface area contributed by atoms with Gasteiger partial charge in [0.15, 0.2) is 0 Å². The molecule has 0 aliphatic rings. The van der Waals surface area contributed by atoms with Crippen LogP contribution >= 0.6 is 11.3 Å².